The second-order valence-electron chi connectivity index (χ2n) is 3.87. The average molecular weight is 236 g/mol. The van der Waals surface area contributed by atoms with Crippen molar-refractivity contribution in [3.63, 3.8) is 0 Å². The zero-order valence-corrected chi connectivity index (χ0v) is 10.5. The molecule has 0 aliphatic heterocycles. The number of ether oxygens (including phenoxy) is 1. The number of nitrogens with two attached hydrogens (primary N) is 1. The molecule has 0 spiro atoms. The van der Waals surface area contributed by atoms with Gasteiger partial charge in [0.2, 0.25) is 0 Å². The zero-order valence-electron chi connectivity index (χ0n) is 10.5. The van der Waals surface area contributed by atoms with Crippen LogP contribution >= 0.6 is 0 Å². The standard InChI is InChI=1S/C13H20N2O2/c1-3-9-17-13(16)15(4-2)10-11-5-7-12(14)8-6-11/h5-8H,3-4,9-10,14H2,1-2H3. The monoisotopic (exact) mass is 236 g/mol. The summed E-state index contributed by atoms with van der Waals surface area (Å²) in [4.78, 5) is 13.4. The van der Waals surface area contributed by atoms with Crippen molar-refractivity contribution >= 4 is 11.8 Å². The van der Waals surface area contributed by atoms with Crippen molar-refractivity contribution in [3.8, 4) is 0 Å². The van der Waals surface area contributed by atoms with Gasteiger partial charge in [-0.1, -0.05) is 19.1 Å². The third-order valence-corrected chi connectivity index (χ3v) is 2.42. The molecule has 94 valence electrons. The van der Waals surface area contributed by atoms with E-state index in [2.05, 4.69) is 0 Å². The van der Waals surface area contributed by atoms with E-state index in [-0.39, 0.29) is 6.09 Å². The highest BCUT2D eigenvalue weighted by atomic mass is 16.6. The van der Waals surface area contributed by atoms with Crippen molar-refractivity contribution in [1.82, 2.24) is 4.90 Å². The van der Waals surface area contributed by atoms with Gasteiger partial charge >= 0.3 is 6.09 Å². The predicted molar refractivity (Wildman–Crippen MR) is 68.6 cm³/mol. The number of rotatable bonds is 5. The number of carbonyl (C=O) groups excluding carboxylic acids is 1. The lowest BCUT2D eigenvalue weighted by Crippen LogP contribution is -2.31. The fraction of sp³-hybridized carbons (Fsp3) is 0.462. The Labute approximate surface area is 102 Å². The number of benzene rings is 1. The first-order valence-corrected chi connectivity index (χ1v) is 5.93. The van der Waals surface area contributed by atoms with Crippen molar-refractivity contribution in [1.29, 1.82) is 0 Å². The second-order valence-corrected chi connectivity index (χ2v) is 3.87. The van der Waals surface area contributed by atoms with E-state index in [0.29, 0.717) is 19.7 Å². The highest BCUT2D eigenvalue weighted by molar-refractivity contribution is 5.67. The van der Waals surface area contributed by atoms with Crippen molar-refractivity contribution in [3.05, 3.63) is 29.8 Å². The van der Waals surface area contributed by atoms with Gasteiger partial charge in [-0.3, -0.25) is 0 Å². The molecule has 17 heavy (non-hydrogen) atoms. The van der Waals surface area contributed by atoms with E-state index in [1.165, 1.54) is 0 Å². The maximum atomic E-state index is 11.7. The first-order valence-electron chi connectivity index (χ1n) is 5.93. The van der Waals surface area contributed by atoms with Crippen LogP contribution in [0.1, 0.15) is 25.8 Å². The van der Waals surface area contributed by atoms with E-state index in [4.69, 9.17) is 10.5 Å². The van der Waals surface area contributed by atoms with Gasteiger partial charge in [0.25, 0.3) is 0 Å². The Hall–Kier alpha value is -1.71. The quantitative estimate of drug-likeness (QED) is 0.799. The number of carbonyl (C=O) groups is 1. The smallest absolute Gasteiger partial charge is 0.410 e. The molecule has 4 nitrogen and oxygen atoms in total. The van der Waals surface area contributed by atoms with Gasteiger partial charge in [0, 0.05) is 18.8 Å². The fourth-order valence-electron chi connectivity index (χ4n) is 1.43. The van der Waals surface area contributed by atoms with E-state index < -0.39 is 0 Å². The van der Waals surface area contributed by atoms with Crippen LogP contribution in [0.3, 0.4) is 0 Å². The minimum absolute atomic E-state index is 0.258. The van der Waals surface area contributed by atoms with Gasteiger partial charge in [-0.25, -0.2) is 4.79 Å². The van der Waals surface area contributed by atoms with Crippen LogP contribution in [0.2, 0.25) is 0 Å². The summed E-state index contributed by atoms with van der Waals surface area (Å²) in [5.74, 6) is 0. The van der Waals surface area contributed by atoms with E-state index >= 15 is 0 Å². The lowest BCUT2D eigenvalue weighted by atomic mass is 10.2. The summed E-state index contributed by atoms with van der Waals surface area (Å²) >= 11 is 0. The van der Waals surface area contributed by atoms with Crippen LogP contribution in [0.4, 0.5) is 10.5 Å². The third-order valence-electron chi connectivity index (χ3n) is 2.42. The fourth-order valence-corrected chi connectivity index (χ4v) is 1.43. The maximum Gasteiger partial charge on any atom is 0.410 e. The molecule has 1 rings (SSSR count). The molecule has 1 amide bonds. The molecule has 1 aromatic rings. The highest BCUT2D eigenvalue weighted by Crippen LogP contribution is 2.09. The van der Waals surface area contributed by atoms with Crippen molar-refractivity contribution in [2.24, 2.45) is 0 Å². The highest BCUT2D eigenvalue weighted by Gasteiger charge is 2.12. The molecule has 4 heteroatoms. The van der Waals surface area contributed by atoms with E-state index in [9.17, 15) is 4.79 Å². The summed E-state index contributed by atoms with van der Waals surface area (Å²) in [5, 5.41) is 0. The molecule has 0 atom stereocenters. The molecule has 0 heterocycles. The summed E-state index contributed by atoms with van der Waals surface area (Å²) in [5.41, 5.74) is 7.39. The SMILES string of the molecule is CCCOC(=O)N(CC)Cc1ccc(N)cc1. The molecule has 1 aromatic carbocycles. The largest absolute Gasteiger partial charge is 0.449 e. The summed E-state index contributed by atoms with van der Waals surface area (Å²) in [7, 11) is 0. The summed E-state index contributed by atoms with van der Waals surface area (Å²) in [6, 6.07) is 7.51. The molecule has 2 N–H and O–H groups in total. The molecule has 0 unspecified atom stereocenters. The Bertz CT molecular complexity index is 349. The van der Waals surface area contributed by atoms with E-state index in [1.807, 2.05) is 38.1 Å². The first kappa shape index (κ1) is 13.4. The van der Waals surface area contributed by atoms with Gasteiger partial charge in [0.15, 0.2) is 0 Å². The topological polar surface area (TPSA) is 55.6 Å². The Morgan fingerprint density at radius 3 is 2.47 bits per heavy atom. The van der Waals surface area contributed by atoms with E-state index in [1.54, 1.807) is 4.90 Å². The molecule has 0 aromatic heterocycles. The number of anilines is 1. The van der Waals surface area contributed by atoms with Crippen LogP contribution in [-0.2, 0) is 11.3 Å². The Balaban J connectivity index is 2.57. The van der Waals surface area contributed by atoms with Crippen LogP contribution in [0.5, 0.6) is 0 Å². The molecule has 0 aliphatic carbocycles. The van der Waals surface area contributed by atoms with Gasteiger partial charge in [0.1, 0.15) is 0 Å². The van der Waals surface area contributed by atoms with Crippen LogP contribution in [0, 0.1) is 0 Å². The van der Waals surface area contributed by atoms with Gasteiger partial charge in [-0.15, -0.1) is 0 Å². The lowest BCUT2D eigenvalue weighted by molar-refractivity contribution is 0.102. The zero-order chi connectivity index (χ0) is 12.7. The van der Waals surface area contributed by atoms with Crippen molar-refractivity contribution in [2.75, 3.05) is 18.9 Å². The van der Waals surface area contributed by atoms with Gasteiger partial charge in [-0.2, -0.15) is 0 Å². The summed E-state index contributed by atoms with van der Waals surface area (Å²) in [6.07, 6.45) is 0.580. The third kappa shape index (κ3) is 4.34. The second kappa shape index (κ2) is 6.78. The lowest BCUT2D eigenvalue weighted by Gasteiger charge is -2.20. The molecule has 0 saturated heterocycles. The Kier molecular flexibility index (Phi) is 5.33. The van der Waals surface area contributed by atoms with Gasteiger partial charge < -0.3 is 15.4 Å². The molecule has 0 aliphatic rings. The summed E-state index contributed by atoms with van der Waals surface area (Å²) in [6.45, 7) is 5.57. The predicted octanol–water partition coefficient (Wildman–Crippen LogP) is 2.64. The number of amides is 1. The molecular formula is C13H20N2O2. The normalized spacial score (nSPS) is 10.0. The van der Waals surface area contributed by atoms with E-state index in [0.717, 1.165) is 17.7 Å². The Morgan fingerprint density at radius 1 is 1.29 bits per heavy atom. The summed E-state index contributed by atoms with van der Waals surface area (Å²) < 4.78 is 5.10. The van der Waals surface area contributed by atoms with Gasteiger partial charge in [-0.05, 0) is 31.0 Å². The Morgan fingerprint density at radius 2 is 1.94 bits per heavy atom. The molecule has 0 fully saturated rings. The first-order chi connectivity index (χ1) is 8.17. The molecule has 0 radical (unpaired) electrons. The number of hydrogen-bond acceptors (Lipinski definition) is 3. The molecule has 0 bridgehead atoms. The van der Waals surface area contributed by atoms with Gasteiger partial charge in [0.05, 0.1) is 6.61 Å². The number of nitrogens with zero attached hydrogens (tertiary/aromatic N) is 1. The van der Waals surface area contributed by atoms with Crippen LogP contribution < -0.4 is 5.73 Å². The molecular weight excluding hydrogens is 216 g/mol. The maximum absolute atomic E-state index is 11.7. The minimum Gasteiger partial charge on any atom is -0.449 e. The average Bonchev–Trinajstić information content (AvgIpc) is 2.35. The van der Waals surface area contributed by atoms with Crippen molar-refractivity contribution < 1.29 is 9.53 Å². The number of hydrogen-bond donors (Lipinski definition) is 1. The number of nitrogen functional groups attached to an aromatic ring is 1. The van der Waals surface area contributed by atoms with Crippen LogP contribution in [0.25, 0.3) is 0 Å². The van der Waals surface area contributed by atoms with Crippen LogP contribution in [-0.4, -0.2) is 24.1 Å². The molecule has 0 saturated carbocycles. The van der Waals surface area contributed by atoms with Crippen LogP contribution in [0.15, 0.2) is 24.3 Å². The van der Waals surface area contributed by atoms with Crippen molar-refractivity contribution in [2.45, 2.75) is 26.8 Å². The minimum atomic E-state index is -0.258.